The molecule has 2 fully saturated rings. The molecule has 3 rings (SSSR count). The second-order valence-electron chi connectivity index (χ2n) is 6.04. The molecular formula is C16H24ClN3. The zero-order valence-corrected chi connectivity index (χ0v) is 12.7. The van der Waals surface area contributed by atoms with Gasteiger partial charge in [-0.15, -0.1) is 0 Å². The summed E-state index contributed by atoms with van der Waals surface area (Å²) in [6, 6.07) is 9.35. The minimum atomic E-state index is 0.440. The van der Waals surface area contributed by atoms with E-state index in [9.17, 15) is 0 Å². The van der Waals surface area contributed by atoms with Crippen LogP contribution in [0.1, 0.15) is 25.7 Å². The van der Waals surface area contributed by atoms with Gasteiger partial charge in [-0.25, -0.2) is 0 Å². The SMILES string of the molecule is NC1CCC(N2CCN(c3ccccc3Cl)CC2)CC1. The van der Waals surface area contributed by atoms with Crippen molar-refractivity contribution in [3.8, 4) is 0 Å². The highest BCUT2D eigenvalue weighted by Gasteiger charge is 2.27. The summed E-state index contributed by atoms with van der Waals surface area (Å²) < 4.78 is 0. The number of rotatable bonds is 2. The Labute approximate surface area is 126 Å². The van der Waals surface area contributed by atoms with Crippen molar-refractivity contribution in [2.45, 2.75) is 37.8 Å². The number of hydrogen-bond acceptors (Lipinski definition) is 3. The number of anilines is 1. The Morgan fingerprint density at radius 3 is 2.25 bits per heavy atom. The van der Waals surface area contributed by atoms with E-state index in [1.165, 1.54) is 31.4 Å². The molecule has 1 aliphatic carbocycles. The largest absolute Gasteiger partial charge is 0.368 e. The third kappa shape index (κ3) is 3.11. The zero-order chi connectivity index (χ0) is 13.9. The molecular weight excluding hydrogens is 270 g/mol. The van der Waals surface area contributed by atoms with Crippen LogP contribution < -0.4 is 10.6 Å². The highest BCUT2D eigenvalue weighted by molar-refractivity contribution is 6.33. The molecule has 0 bridgehead atoms. The van der Waals surface area contributed by atoms with Gasteiger partial charge >= 0.3 is 0 Å². The lowest BCUT2D eigenvalue weighted by Crippen LogP contribution is -2.51. The maximum atomic E-state index is 6.29. The van der Waals surface area contributed by atoms with Crippen LogP contribution in [0.3, 0.4) is 0 Å². The first-order valence-electron chi connectivity index (χ1n) is 7.73. The number of nitrogens with zero attached hydrogens (tertiary/aromatic N) is 2. The summed E-state index contributed by atoms with van der Waals surface area (Å²) >= 11 is 6.29. The molecule has 0 unspecified atom stereocenters. The molecule has 1 aliphatic heterocycles. The van der Waals surface area contributed by atoms with Gasteiger partial charge in [0.25, 0.3) is 0 Å². The van der Waals surface area contributed by atoms with Crippen LogP contribution in [0.4, 0.5) is 5.69 Å². The Morgan fingerprint density at radius 1 is 0.950 bits per heavy atom. The van der Waals surface area contributed by atoms with Gasteiger partial charge in [0.15, 0.2) is 0 Å². The number of hydrogen-bond donors (Lipinski definition) is 1. The summed E-state index contributed by atoms with van der Waals surface area (Å²) in [4.78, 5) is 5.06. The second-order valence-corrected chi connectivity index (χ2v) is 6.45. The minimum Gasteiger partial charge on any atom is -0.368 e. The van der Waals surface area contributed by atoms with Gasteiger partial charge < -0.3 is 10.6 Å². The number of piperazine rings is 1. The van der Waals surface area contributed by atoms with E-state index >= 15 is 0 Å². The molecule has 0 atom stereocenters. The fourth-order valence-electron chi connectivity index (χ4n) is 3.50. The number of halogens is 1. The number of nitrogens with two attached hydrogens (primary N) is 1. The van der Waals surface area contributed by atoms with Crippen LogP contribution >= 0.6 is 11.6 Å². The quantitative estimate of drug-likeness (QED) is 0.910. The van der Waals surface area contributed by atoms with E-state index in [-0.39, 0.29) is 0 Å². The number of para-hydroxylation sites is 1. The van der Waals surface area contributed by atoms with E-state index in [1.54, 1.807) is 0 Å². The van der Waals surface area contributed by atoms with Crippen LogP contribution in [-0.4, -0.2) is 43.2 Å². The van der Waals surface area contributed by atoms with Gasteiger partial charge in [0, 0.05) is 38.3 Å². The van der Waals surface area contributed by atoms with E-state index in [1.807, 2.05) is 12.1 Å². The maximum Gasteiger partial charge on any atom is 0.0639 e. The predicted octanol–water partition coefficient (Wildman–Crippen LogP) is 2.73. The van der Waals surface area contributed by atoms with Gasteiger partial charge in [0.05, 0.1) is 10.7 Å². The third-order valence-electron chi connectivity index (χ3n) is 4.77. The van der Waals surface area contributed by atoms with Crippen molar-refractivity contribution >= 4 is 17.3 Å². The molecule has 1 saturated carbocycles. The summed E-state index contributed by atoms with van der Waals surface area (Å²) in [5, 5.41) is 0.865. The zero-order valence-electron chi connectivity index (χ0n) is 12.0. The molecule has 1 aromatic rings. The highest BCUT2D eigenvalue weighted by Crippen LogP contribution is 2.28. The third-order valence-corrected chi connectivity index (χ3v) is 5.08. The lowest BCUT2D eigenvalue weighted by atomic mass is 9.90. The van der Waals surface area contributed by atoms with E-state index < -0.39 is 0 Å². The number of benzene rings is 1. The lowest BCUT2D eigenvalue weighted by molar-refractivity contribution is 0.142. The first-order valence-corrected chi connectivity index (χ1v) is 8.11. The summed E-state index contributed by atoms with van der Waals surface area (Å²) in [6.45, 7) is 4.44. The van der Waals surface area contributed by atoms with E-state index in [2.05, 4.69) is 21.9 Å². The first kappa shape index (κ1) is 14.2. The normalized spacial score (nSPS) is 28.6. The van der Waals surface area contributed by atoms with Crippen molar-refractivity contribution in [3.05, 3.63) is 29.3 Å². The average Bonchev–Trinajstić information content (AvgIpc) is 2.49. The lowest BCUT2D eigenvalue weighted by Gasteiger charge is -2.42. The average molecular weight is 294 g/mol. The van der Waals surface area contributed by atoms with Crippen LogP contribution in [0.15, 0.2) is 24.3 Å². The monoisotopic (exact) mass is 293 g/mol. The molecule has 2 aliphatic rings. The summed E-state index contributed by atoms with van der Waals surface area (Å²) in [5.41, 5.74) is 7.18. The second kappa shape index (κ2) is 6.33. The molecule has 0 spiro atoms. The molecule has 0 aromatic heterocycles. The van der Waals surface area contributed by atoms with Crippen molar-refractivity contribution < 1.29 is 0 Å². The van der Waals surface area contributed by atoms with Crippen molar-refractivity contribution in [2.75, 3.05) is 31.1 Å². The van der Waals surface area contributed by atoms with Gasteiger partial charge in [0.2, 0.25) is 0 Å². The fourth-order valence-corrected chi connectivity index (χ4v) is 3.76. The molecule has 110 valence electrons. The van der Waals surface area contributed by atoms with Crippen molar-refractivity contribution in [3.63, 3.8) is 0 Å². The molecule has 2 N–H and O–H groups in total. The topological polar surface area (TPSA) is 32.5 Å². The van der Waals surface area contributed by atoms with Crippen molar-refractivity contribution in [1.29, 1.82) is 0 Å². The predicted molar refractivity (Wildman–Crippen MR) is 85.5 cm³/mol. The summed E-state index contributed by atoms with van der Waals surface area (Å²) in [5.74, 6) is 0. The molecule has 4 heteroatoms. The van der Waals surface area contributed by atoms with Crippen LogP contribution in [0.5, 0.6) is 0 Å². The summed E-state index contributed by atoms with van der Waals surface area (Å²) in [7, 11) is 0. The Kier molecular flexibility index (Phi) is 4.49. The molecule has 1 saturated heterocycles. The molecule has 1 heterocycles. The van der Waals surface area contributed by atoms with Gasteiger partial charge in [0.1, 0.15) is 0 Å². The van der Waals surface area contributed by atoms with E-state index in [4.69, 9.17) is 17.3 Å². The Bertz CT molecular complexity index is 435. The fraction of sp³-hybridized carbons (Fsp3) is 0.625. The molecule has 3 nitrogen and oxygen atoms in total. The first-order chi connectivity index (χ1) is 9.74. The van der Waals surface area contributed by atoms with Crippen LogP contribution in [-0.2, 0) is 0 Å². The summed E-state index contributed by atoms with van der Waals surface area (Å²) in [6.07, 6.45) is 4.92. The van der Waals surface area contributed by atoms with Gasteiger partial charge in [-0.2, -0.15) is 0 Å². The van der Waals surface area contributed by atoms with Crippen LogP contribution in [0, 0.1) is 0 Å². The van der Waals surface area contributed by atoms with E-state index in [0.717, 1.165) is 37.2 Å². The molecule has 0 radical (unpaired) electrons. The van der Waals surface area contributed by atoms with Crippen molar-refractivity contribution in [2.24, 2.45) is 5.73 Å². The Hall–Kier alpha value is -0.770. The Morgan fingerprint density at radius 2 is 1.60 bits per heavy atom. The molecule has 0 amide bonds. The van der Waals surface area contributed by atoms with Gasteiger partial charge in [-0.05, 0) is 37.8 Å². The smallest absolute Gasteiger partial charge is 0.0639 e. The van der Waals surface area contributed by atoms with Crippen molar-refractivity contribution in [1.82, 2.24) is 4.90 Å². The highest BCUT2D eigenvalue weighted by atomic mass is 35.5. The van der Waals surface area contributed by atoms with Gasteiger partial charge in [-0.3, -0.25) is 4.90 Å². The van der Waals surface area contributed by atoms with E-state index in [0.29, 0.717) is 6.04 Å². The van der Waals surface area contributed by atoms with Crippen LogP contribution in [0.25, 0.3) is 0 Å². The minimum absolute atomic E-state index is 0.440. The maximum absolute atomic E-state index is 6.29. The standard InChI is InChI=1S/C16H24ClN3/c17-15-3-1-2-4-16(15)20-11-9-19(10-12-20)14-7-5-13(18)6-8-14/h1-4,13-14H,5-12,18H2. The van der Waals surface area contributed by atoms with Crippen LogP contribution in [0.2, 0.25) is 5.02 Å². The molecule has 20 heavy (non-hydrogen) atoms. The molecule has 1 aromatic carbocycles. The van der Waals surface area contributed by atoms with Gasteiger partial charge in [-0.1, -0.05) is 23.7 Å². The Balaban J connectivity index is 1.56.